The SMILES string of the molecule is CCNC(=NCc1ccc(S(=O)(=O)N(C)C)s1)N1CCN(Cc2ccccc2)CC1. The van der Waals surface area contributed by atoms with Crippen LogP contribution in [0.4, 0.5) is 0 Å². The maximum absolute atomic E-state index is 12.3. The van der Waals surface area contributed by atoms with Gasteiger partial charge in [-0.2, -0.15) is 0 Å². The van der Waals surface area contributed by atoms with Crippen molar-refractivity contribution in [3.63, 3.8) is 0 Å². The predicted molar refractivity (Wildman–Crippen MR) is 123 cm³/mol. The second-order valence-corrected chi connectivity index (χ2v) is 11.0. The largest absolute Gasteiger partial charge is 0.357 e. The molecule has 2 aromatic rings. The first kappa shape index (κ1) is 22.7. The van der Waals surface area contributed by atoms with Gasteiger partial charge in [-0.25, -0.2) is 17.7 Å². The van der Waals surface area contributed by atoms with Crippen LogP contribution in [-0.4, -0.2) is 75.3 Å². The Kier molecular flexibility index (Phi) is 7.87. The van der Waals surface area contributed by atoms with Gasteiger partial charge in [-0.3, -0.25) is 4.90 Å². The van der Waals surface area contributed by atoms with Crippen LogP contribution in [0.25, 0.3) is 0 Å². The highest BCUT2D eigenvalue weighted by Gasteiger charge is 2.21. The zero-order valence-corrected chi connectivity index (χ0v) is 19.5. The Morgan fingerprint density at radius 2 is 1.80 bits per heavy atom. The Morgan fingerprint density at radius 1 is 1.10 bits per heavy atom. The molecule has 0 saturated carbocycles. The molecular formula is C21H31N5O2S2. The van der Waals surface area contributed by atoms with Crippen molar-refractivity contribution >= 4 is 27.3 Å². The van der Waals surface area contributed by atoms with E-state index in [4.69, 9.17) is 4.99 Å². The van der Waals surface area contributed by atoms with Crippen LogP contribution in [0.3, 0.4) is 0 Å². The Labute approximate surface area is 184 Å². The second kappa shape index (κ2) is 10.4. The first-order valence-electron chi connectivity index (χ1n) is 10.2. The monoisotopic (exact) mass is 449 g/mol. The van der Waals surface area contributed by atoms with Crippen LogP contribution in [0.5, 0.6) is 0 Å². The number of hydrogen-bond donors (Lipinski definition) is 1. The fourth-order valence-corrected chi connectivity index (χ4v) is 5.75. The van der Waals surface area contributed by atoms with Gasteiger partial charge in [-0.05, 0) is 24.6 Å². The lowest BCUT2D eigenvalue weighted by Gasteiger charge is -2.36. The quantitative estimate of drug-likeness (QED) is 0.519. The fraction of sp³-hybridized carbons (Fsp3) is 0.476. The molecule has 0 radical (unpaired) electrons. The molecule has 1 aliphatic rings. The van der Waals surface area contributed by atoms with E-state index in [1.807, 2.05) is 12.1 Å². The normalized spacial score (nSPS) is 16.3. The standard InChI is InChI=1S/C21H31N5O2S2/c1-4-22-21(23-16-19-10-11-20(29-19)30(27,28)24(2)3)26-14-12-25(13-15-26)17-18-8-6-5-7-9-18/h5-11H,4,12-17H2,1-3H3,(H,22,23). The van der Waals surface area contributed by atoms with Crippen molar-refractivity contribution in [3.8, 4) is 0 Å². The van der Waals surface area contributed by atoms with Crippen LogP contribution in [-0.2, 0) is 23.1 Å². The number of nitrogens with one attached hydrogen (secondary N) is 1. The summed E-state index contributed by atoms with van der Waals surface area (Å²) in [5.41, 5.74) is 1.34. The van der Waals surface area contributed by atoms with Crippen LogP contribution in [0.1, 0.15) is 17.4 Å². The topological polar surface area (TPSA) is 68.2 Å². The van der Waals surface area contributed by atoms with Gasteiger partial charge in [0.25, 0.3) is 10.0 Å². The van der Waals surface area contributed by atoms with E-state index in [0.29, 0.717) is 10.8 Å². The minimum absolute atomic E-state index is 0.359. The van der Waals surface area contributed by atoms with Crippen molar-refractivity contribution in [1.82, 2.24) is 19.4 Å². The van der Waals surface area contributed by atoms with Gasteiger partial charge in [0.1, 0.15) is 4.21 Å². The van der Waals surface area contributed by atoms with Crippen molar-refractivity contribution < 1.29 is 8.42 Å². The third-order valence-electron chi connectivity index (χ3n) is 5.01. The molecule has 1 aromatic heterocycles. The lowest BCUT2D eigenvalue weighted by atomic mass is 10.2. The third kappa shape index (κ3) is 5.81. The Morgan fingerprint density at radius 3 is 2.43 bits per heavy atom. The average molecular weight is 450 g/mol. The molecule has 0 unspecified atom stereocenters. The van der Waals surface area contributed by atoms with Gasteiger partial charge in [0.2, 0.25) is 0 Å². The fourth-order valence-electron chi connectivity index (χ4n) is 3.30. The highest BCUT2D eigenvalue weighted by Crippen LogP contribution is 2.24. The highest BCUT2D eigenvalue weighted by atomic mass is 32.2. The maximum atomic E-state index is 12.3. The van der Waals surface area contributed by atoms with E-state index in [9.17, 15) is 8.42 Å². The smallest absolute Gasteiger partial charge is 0.252 e. The number of benzene rings is 1. The summed E-state index contributed by atoms with van der Waals surface area (Å²) in [4.78, 5) is 10.5. The number of rotatable bonds is 7. The van der Waals surface area contributed by atoms with Crippen LogP contribution in [0.2, 0.25) is 0 Å². The molecule has 0 bridgehead atoms. The average Bonchev–Trinajstić information content (AvgIpc) is 3.22. The number of sulfonamides is 1. The van der Waals surface area contributed by atoms with E-state index in [-0.39, 0.29) is 0 Å². The number of hydrogen-bond acceptors (Lipinski definition) is 5. The van der Waals surface area contributed by atoms with Crippen molar-refractivity contribution in [2.75, 3.05) is 46.8 Å². The molecule has 1 aliphatic heterocycles. The molecule has 30 heavy (non-hydrogen) atoms. The van der Waals surface area contributed by atoms with Crippen LogP contribution < -0.4 is 5.32 Å². The Bertz CT molecular complexity index is 933. The van der Waals surface area contributed by atoms with Gasteiger partial charge in [-0.1, -0.05) is 30.3 Å². The molecule has 7 nitrogen and oxygen atoms in total. The van der Waals surface area contributed by atoms with Crippen molar-refractivity contribution in [1.29, 1.82) is 0 Å². The lowest BCUT2D eigenvalue weighted by molar-refractivity contribution is 0.172. The molecule has 1 saturated heterocycles. The van der Waals surface area contributed by atoms with Gasteiger partial charge < -0.3 is 10.2 Å². The summed E-state index contributed by atoms with van der Waals surface area (Å²) in [5, 5.41) is 3.38. The minimum atomic E-state index is -3.39. The van der Waals surface area contributed by atoms with Crippen LogP contribution in [0, 0.1) is 0 Å². The van der Waals surface area contributed by atoms with Crippen LogP contribution >= 0.6 is 11.3 Å². The number of guanidine groups is 1. The number of nitrogens with zero attached hydrogens (tertiary/aromatic N) is 4. The molecule has 0 spiro atoms. The summed E-state index contributed by atoms with van der Waals surface area (Å²) in [6.07, 6.45) is 0. The van der Waals surface area contributed by atoms with E-state index < -0.39 is 10.0 Å². The summed E-state index contributed by atoms with van der Waals surface area (Å²) < 4.78 is 26.1. The number of aliphatic imine (C=N–C) groups is 1. The summed E-state index contributed by atoms with van der Waals surface area (Å²) in [6.45, 7) is 8.13. The summed E-state index contributed by atoms with van der Waals surface area (Å²) in [5.74, 6) is 0.891. The van der Waals surface area contributed by atoms with E-state index in [1.54, 1.807) is 20.2 Å². The predicted octanol–water partition coefficient (Wildman–Crippen LogP) is 2.28. The van der Waals surface area contributed by atoms with Gasteiger partial charge in [-0.15, -0.1) is 11.3 Å². The van der Waals surface area contributed by atoms with Crippen molar-refractivity contribution in [2.45, 2.75) is 24.2 Å². The van der Waals surface area contributed by atoms with Crippen LogP contribution in [0.15, 0.2) is 51.7 Å². The van der Waals surface area contributed by atoms with Crippen molar-refractivity contribution in [2.24, 2.45) is 4.99 Å². The van der Waals surface area contributed by atoms with E-state index >= 15 is 0 Å². The number of thiophene rings is 1. The molecule has 0 aliphatic carbocycles. The molecule has 0 atom stereocenters. The van der Waals surface area contributed by atoms with E-state index in [1.165, 1.54) is 21.2 Å². The molecule has 1 aromatic carbocycles. The molecule has 1 N–H and O–H groups in total. The molecule has 3 rings (SSSR count). The minimum Gasteiger partial charge on any atom is -0.357 e. The lowest BCUT2D eigenvalue weighted by Crippen LogP contribution is -2.52. The summed E-state index contributed by atoms with van der Waals surface area (Å²) in [6, 6.07) is 14.1. The summed E-state index contributed by atoms with van der Waals surface area (Å²) in [7, 11) is -0.287. The Hall–Kier alpha value is -1.94. The molecule has 0 amide bonds. The maximum Gasteiger partial charge on any atom is 0.252 e. The molecule has 2 heterocycles. The summed E-state index contributed by atoms with van der Waals surface area (Å²) >= 11 is 1.29. The van der Waals surface area contributed by atoms with E-state index in [0.717, 1.165) is 50.1 Å². The van der Waals surface area contributed by atoms with Gasteiger partial charge in [0.15, 0.2) is 5.96 Å². The third-order valence-corrected chi connectivity index (χ3v) is 8.36. The van der Waals surface area contributed by atoms with Crippen molar-refractivity contribution in [3.05, 3.63) is 52.9 Å². The molecule has 1 fully saturated rings. The first-order chi connectivity index (χ1) is 14.4. The van der Waals surface area contributed by atoms with Gasteiger partial charge in [0, 0.05) is 58.2 Å². The molecular weight excluding hydrogens is 418 g/mol. The first-order valence-corrected chi connectivity index (χ1v) is 12.5. The second-order valence-electron chi connectivity index (χ2n) is 7.43. The molecule has 164 valence electrons. The zero-order chi connectivity index (χ0) is 21.6. The highest BCUT2D eigenvalue weighted by molar-refractivity contribution is 7.91. The molecule has 9 heteroatoms. The number of piperazine rings is 1. The van der Waals surface area contributed by atoms with Gasteiger partial charge in [0.05, 0.1) is 6.54 Å². The van der Waals surface area contributed by atoms with Gasteiger partial charge >= 0.3 is 0 Å². The Balaban J connectivity index is 1.60. The zero-order valence-electron chi connectivity index (χ0n) is 17.9. The van der Waals surface area contributed by atoms with E-state index in [2.05, 4.69) is 46.3 Å².